The number of nitrogens with two attached hydrogens (primary N) is 1. The Morgan fingerprint density at radius 1 is 1.33 bits per heavy atom. The number of hydrogen-bond acceptors (Lipinski definition) is 4. The lowest BCUT2D eigenvalue weighted by Gasteiger charge is -2.06. The van der Waals surface area contributed by atoms with E-state index in [2.05, 4.69) is 14.7 Å². The number of aromatic nitrogens is 2. The summed E-state index contributed by atoms with van der Waals surface area (Å²) in [6, 6.07) is 4.57. The Kier molecular flexibility index (Phi) is 2.32. The summed E-state index contributed by atoms with van der Waals surface area (Å²) in [6.45, 7) is -2.88. The standard InChI is InChI=1S/C9H7F2N3O/c10-9(11)15-6-3-1-2-5-8(6)13-4-7(12)14-5/h1-4,9H,(H2,12,14). The Balaban J connectivity index is 2.56. The van der Waals surface area contributed by atoms with Crippen molar-refractivity contribution in [1.29, 1.82) is 0 Å². The van der Waals surface area contributed by atoms with Gasteiger partial charge in [-0.15, -0.1) is 0 Å². The van der Waals surface area contributed by atoms with Crippen LogP contribution in [0, 0.1) is 0 Å². The molecule has 0 saturated carbocycles. The molecular formula is C9H7F2N3O. The molecule has 0 saturated heterocycles. The second kappa shape index (κ2) is 3.64. The molecule has 0 atom stereocenters. The van der Waals surface area contributed by atoms with Gasteiger partial charge in [-0.3, -0.25) is 0 Å². The maximum atomic E-state index is 12.0. The van der Waals surface area contributed by atoms with Crippen LogP contribution in [0.4, 0.5) is 14.6 Å². The normalized spacial score (nSPS) is 10.9. The minimum atomic E-state index is -2.88. The average Bonchev–Trinajstić information content (AvgIpc) is 2.16. The lowest BCUT2D eigenvalue weighted by molar-refractivity contribution is -0.0489. The second-order valence-corrected chi connectivity index (χ2v) is 2.80. The molecule has 15 heavy (non-hydrogen) atoms. The smallest absolute Gasteiger partial charge is 0.387 e. The van der Waals surface area contributed by atoms with Gasteiger partial charge in [-0.2, -0.15) is 8.78 Å². The van der Waals surface area contributed by atoms with E-state index >= 15 is 0 Å². The first-order valence-corrected chi connectivity index (χ1v) is 4.13. The van der Waals surface area contributed by atoms with Crippen LogP contribution in [0.5, 0.6) is 5.75 Å². The van der Waals surface area contributed by atoms with Crippen molar-refractivity contribution in [3.05, 3.63) is 24.4 Å². The zero-order chi connectivity index (χ0) is 10.8. The van der Waals surface area contributed by atoms with Gasteiger partial charge < -0.3 is 10.5 Å². The Bertz CT molecular complexity index is 490. The minimum absolute atomic E-state index is 0.00463. The largest absolute Gasteiger partial charge is 0.432 e. The molecule has 0 aliphatic rings. The van der Waals surface area contributed by atoms with Crippen molar-refractivity contribution in [1.82, 2.24) is 9.97 Å². The Morgan fingerprint density at radius 3 is 2.87 bits per heavy atom. The number of nitrogens with zero attached hydrogens (tertiary/aromatic N) is 2. The van der Waals surface area contributed by atoms with Gasteiger partial charge in [0.05, 0.1) is 11.7 Å². The third-order valence-corrected chi connectivity index (χ3v) is 1.77. The highest BCUT2D eigenvalue weighted by molar-refractivity contribution is 5.81. The fourth-order valence-electron chi connectivity index (χ4n) is 1.22. The molecule has 1 heterocycles. The fraction of sp³-hybridized carbons (Fsp3) is 0.111. The molecule has 0 unspecified atom stereocenters. The summed E-state index contributed by atoms with van der Waals surface area (Å²) >= 11 is 0. The number of para-hydroxylation sites is 1. The molecule has 6 heteroatoms. The number of hydrogen-bond donors (Lipinski definition) is 1. The third-order valence-electron chi connectivity index (χ3n) is 1.77. The second-order valence-electron chi connectivity index (χ2n) is 2.80. The van der Waals surface area contributed by atoms with Crippen molar-refractivity contribution in [3.63, 3.8) is 0 Å². The van der Waals surface area contributed by atoms with Crippen LogP contribution in [-0.2, 0) is 0 Å². The highest BCUT2D eigenvalue weighted by Gasteiger charge is 2.09. The molecule has 2 N–H and O–H groups in total. The molecule has 0 radical (unpaired) electrons. The van der Waals surface area contributed by atoms with Crippen LogP contribution in [0.2, 0.25) is 0 Å². The molecule has 4 nitrogen and oxygen atoms in total. The van der Waals surface area contributed by atoms with E-state index in [1.165, 1.54) is 12.3 Å². The van der Waals surface area contributed by atoms with Crippen molar-refractivity contribution in [2.45, 2.75) is 6.61 Å². The van der Waals surface area contributed by atoms with Crippen molar-refractivity contribution in [3.8, 4) is 5.75 Å². The van der Waals surface area contributed by atoms with Gasteiger partial charge in [0.25, 0.3) is 0 Å². The van der Waals surface area contributed by atoms with Crippen LogP contribution in [0.3, 0.4) is 0 Å². The lowest BCUT2D eigenvalue weighted by Crippen LogP contribution is -2.03. The number of nitrogen functional groups attached to an aromatic ring is 1. The van der Waals surface area contributed by atoms with Gasteiger partial charge in [-0.05, 0) is 12.1 Å². The van der Waals surface area contributed by atoms with E-state index in [1.54, 1.807) is 12.1 Å². The number of anilines is 1. The molecule has 0 fully saturated rings. The van der Waals surface area contributed by atoms with Crippen molar-refractivity contribution in [2.24, 2.45) is 0 Å². The van der Waals surface area contributed by atoms with E-state index < -0.39 is 6.61 Å². The highest BCUT2D eigenvalue weighted by atomic mass is 19.3. The summed E-state index contributed by atoms with van der Waals surface area (Å²) in [5.41, 5.74) is 6.11. The summed E-state index contributed by atoms with van der Waals surface area (Å²) in [5, 5.41) is 0. The fourth-order valence-corrected chi connectivity index (χ4v) is 1.22. The zero-order valence-corrected chi connectivity index (χ0v) is 7.52. The van der Waals surface area contributed by atoms with E-state index in [9.17, 15) is 8.78 Å². The van der Waals surface area contributed by atoms with E-state index in [-0.39, 0.29) is 17.1 Å². The van der Waals surface area contributed by atoms with Gasteiger partial charge in [0.2, 0.25) is 0 Å². The third kappa shape index (κ3) is 1.93. The summed E-state index contributed by atoms with van der Waals surface area (Å²) in [5.74, 6) is 0.228. The minimum Gasteiger partial charge on any atom is -0.432 e. The predicted molar refractivity (Wildman–Crippen MR) is 50.6 cm³/mol. The number of ether oxygens (including phenoxy) is 1. The number of alkyl halides is 2. The van der Waals surface area contributed by atoms with Crippen LogP contribution in [0.15, 0.2) is 24.4 Å². The number of benzene rings is 1. The average molecular weight is 211 g/mol. The van der Waals surface area contributed by atoms with Crippen molar-refractivity contribution in [2.75, 3.05) is 5.73 Å². The molecule has 78 valence electrons. The summed E-state index contributed by atoms with van der Waals surface area (Å²) < 4.78 is 28.4. The Morgan fingerprint density at radius 2 is 2.13 bits per heavy atom. The van der Waals surface area contributed by atoms with Gasteiger partial charge in [-0.25, -0.2) is 9.97 Å². The highest BCUT2D eigenvalue weighted by Crippen LogP contribution is 2.23. The first kappa shape index (κ1) is 9.57. The predicted octanol–water partition coefficient (Wildman–Crippen LogP) is 1.81. The zero-order valence-electron chi connectivity index (χ0n) is 7.52. The molecule has 2 rings (SSSR count). The quantitative estimate of drug-likeness (QED) is 0.822. The van der Waals surface area contributed by atoms with E-state index in [4.69, 9.17) is 5.73 Å². The molecule has 0 spiro atoms. The summed E-state index contributed by atoms with van der Waals surface area (Å²) in [4.78, 5) is 7.82. The monoisotopic (exact) mass is 211 g/mol. The molecule has 1 aromatic carbocycles. The van der Waals surface area contributed by atoms with Gasteiger partial charge in [0, 0.05) is 0 Å². The van der Waals surface area contributed by atoms with Crippen LogP contribution >= 0.6 is 0 Å². The van der Waals surface area contributed by atoms with E-state index in [0.29, 0.717) is 5.52 Å². The summed E-state index contributed by atoms with van der Waals surface area (Å²) in [6.07, 6.45) is 1.29. The van der Waals surface area contributed by atoms with Crippen LogP contribution in [0.1, 0.15) is 0 Å². The SMILES string of the molecule is Nc1cnc2c(OC(F)F)cccc2n1. The maximum Gasteiger partial charge on any atom is 0.387 e. The first-order valence-electron chi connectivity index (χ1n) is 4.13. The van der Waals surface area contributed by atoms with Gasteiger partial charge >= 0.3 is 6.61 Å². The summed E-state index contributed by atoms with van der Waals surface area (Å²) in [7, 11) is 0. The number of fused-ring (bicyclic) bond motifs is 1. The van der Waals surface area contributed by atoms with Crippen molar-refractivity contribution < 1.29 is 13.5 Å². The molecule has 0 aliphatic carbocycles. The van der Waals surface area contributed by atoms with E-state index in [0.717, 1.165) is 0 Å². The molecule has 0 aliphatic heterocycles. The molecule has 2 aromatic rings. The molecular weight excluding hydrogens is 204 g/mol. The van der Waals surface area contributed by atoms with E-state index in [1.807, 2.05) is 0 Å². The van der Waals surface area contributed by atoms with Crippen LogP contribution in [0.25, 0.3) is 11.0 Å². The number of halogens is 2. The van der Waals surface area contributed by atoms with Crippen molar-refractivity contribution >= 4 is 16.9 Å². The Hall–Kier alpha value is -1.98. The van der Waals surface area contributed by atoms with Gasteiger partial charge in [0.1, 0.15) is 11.3 Å². The molecule has 0 bridgehead atoms. The first-order chi connectivity index (χ1) is 7.16. The maximum absolute atomic E-state index is 12.0. The van der Waals surface area contributed by atoms with Gasteiger partial charge in [0.15, 0.2) is 5.75 Å². The topological polar surface area (TPSA) is 61.0 Å². The molecule has 0 amide bonds. The van der Waals surface area contributed by atoms with Gasteiger partial charge in [-0.1, -0.05) is 6.07 Å². The van der Waals surface area contributed by atoms with Crippen LogP contribution in [-0.4, -0.2) is 16.6 Å². The Labute approximate surface area is 83.7 Å². The van der Waals surface area contributed by atoms with Crippen LogP contribution < -0.4 is 10.5 Å². The number of rotatable bonds is 2. The molecule has 1 aromatic heterocycles. The lowest BCUT2D eigenvalue weighted by atomic mass is 10.3.